The van der Waals surface area contributed by atoms with Crippen LogP contribution in [-0.2, 0) is 9.53 Å². The van der Waals surface area contributed by atoms with E-state index in [9.17, 15) is 30.0 Å². The van der Waals surface area contributed by atoms with Gasteiger partial charge in [-0.25, -0.2) is 4.79 Å². The van der Waals surface area contributed by atoms with E-state index in [0.29, 0.717) is 0 Å². The summed E-state index contributed by atoms with van der Waals surface area (Å²) in [6.45, 7) is 1.41. The number of rotatable bonds is 1. The molecule has 0 spiro atoms. The molecule has 2 rings (SSSR count). The number of fused-ring (bicyclic) bond motifs is 1. The van der Waals surface area contributed by atoms with Crippen molar-refractivity contribution < 1.29 is 39.5 Å². The molecule has 1 aliphatic heterocycles. The summed E-state index contributed by atoms with van der Waals surface area (Å²) in [5.74, 6) is -1.75. The molecule has 146 valence electrons. The molecule has 0 aliphatic carbocycles. The van der Waals surface area contributed by atoms with Crippen molar-refractivity contribution in [3.8, 4) is 11.5 Å². The first-order valence-corrected chi connectivity index (χ1v) is 8.29. The Morgan fingerprint density at radius 3 is 2.52 bits per heavy atom. The van der Waals surface area contributed by atoms with E-state index in [1.165, 1.54) is 38.3 Å². The van der Waals surface area contributed by atoms with Crippen LogP contribution in [0, 0.1) is 0 Å². The number of ketones is 1. The van der Waals surface area contributed by atoms with Crippen molar-refractivity contribution in [3.63, 3.8) is 0 Å². The third kappa shape index (κ3) is 4.94. The van der Waals surface area contributed by atoms with Crippen LogP contribution >= 0.6 is 0 Å². The van der Waals surface area contributed by atoms with Crippen molar-refractivity contribution >= 4 is 17.8 Å². The summed E-state index contributed by atoms with van der Waals surface area (Å²) in [6, 6.07) is 2.73. The number of ether oxygens (including phenoxy) is 2. The van der Waals surface area contributed by atoms with E-state index in [1.807, 2.05) is 0 Å². The van der Waals surface area contributed by atoms with Gasteiger partial charge < -0.3 is 29.9 Å². The maximum atomic E-state index is 12.5. The maximum Gasteiger partial charge on any atom is 0.342 e. The summed E-state index contributed by atoms with van der Waals surface area (Å²) in [6.07, 6.45) is -0.646. The van der Waals surface area contributed by atoms with Crippen LogP contribution < -0.4 is 4.74 Å². The molecule has 4 N–H and O–H groups in total. The standard InChI is InChI=1S/C19H22O8/c1-10-13(20)6-7-15(22)18(24)14(21)5-3-4-11-8-12(26-2)9-16(23)17(11)19(25)27-10/h3-4,6-10,13-14,18,20-21,23-24H,5H2,1-2H3/b4-3?,7-6-/t10-,13+,14-,18-/m0/s1. The molecule has 27 heavy (non-hydrogen) atoms. The average molecular weight is 378 g/mol. The Balaban J connectivity index is 2.50. The summed E-state index contributed by atoms with van der Waals surface area (Å²) >= 11 is 0. The molecule has 8 heteroatoms. The molecule has 1 aromatic carbocycles. The summed E-state index contributed by atoms with van der Waals surface area (Å²) in [4.78, 5) is 24.3. The lowest BCUT2D eigenvalue weighted by Crippen LogP contribution is -2.33. The molecule has 0 amide bonds. The van der Waals surface area contributed by atoms with Crippen molar-refractivity contribution in [1.29, 1.82) is 0 Å². The number of aliphatic hydroxyl groups is 3. The summed E-state index contributed by atoms with van der Waals surface area (Å²) in [7, 11) is 1.39. The van der Waals surface area contributed by atoms with Gasteiger partial charge in [0.05, 0.1) is 13.2 Å². The molecule has 0 radical (unpaired) electrons. The zero-order chi connectivity index (χ0) is 20.1. The molecule has 4 atom stereocenters. The van der Waals surface area contributed by atoms with Gasteiger partial charge in [0.25, 0.3) is 0 Å². The van der Waals surface area contributed by atoms with Gasteiger partial charge in [-0.2, -0.15) is 0 Å². The van der Waals surface area contributed by atoms with E-state index in [-0.39, 0.29) is 29.0 Å². The second-order valence-corrected chi connectivity index (χ2v) is 6.12. The first kappa shape index (κ1) is 20.6. The van der Waals surface area contributed by atoms with Gasteiger partial charge in [-0.15, -0.1) is 0 Å². The Hall–Kier alpha value is -2.68. The number of phenolic OH excluding ortho intramolecular Hbond substituents is 1. The number of phenols is 1. The van der Waals surface area contributed by atoms with Crippen LogP contribution in [0.25, 0.3) is 6.08 Å². The topological polar surface area (TPSA) is 134 Å². The zero-order valence-electron chi connectivity index (χ0n) is 14.9. The van der Waals surface area contributed by atoms with Gasteiger partial charge in [0, 0.05) is 6.07 Å². The first-order chi connectivity index (χ1) is 12.7. The van der Waals surface area contributed by atoms with Crippen molar-refractivity contribution in [2.45, 2.75) is 37.8 Å². The lowest BCUT2D eigenvalue weighted by Gasteiger charge is -2.19. The number of hydrogen-bond donors (Lipinski definition) is 4. The highest BCUT2D eigenvalue weighted by molar-refractivity contribution is 5.97. The van der Waals surface area contributed by atoms with Gasteiger partial charge in [-0.3, -0.25) is 4.79 Å². The van der Waals surface area contributed by atoms with Crippen LogP contribution in [0.2, 0.25) is 0 Å². The van der Waals surface area contributed by atoms with Crippen LogP contribution in [0.15, 0.2) is 30.4 Å². The minimum atomic E-state index is -1.67. The fourth-order valence-electron chi connectivity index (χ4n) is 2.49. The fraction of sp³-hybridized carbons (Fsp3) is 0.368. The van der Waals surface area contributed by atoms with Crippen molar-refractivity contribution in [2.24, 2.45) is 0 Å². The Labute approximate surface area is 156 Å². The normalized spacial score (nSPS) is 28.0. The van der Waals surface area contributed by atoms with Gasteiger partial charge in [-0.1, -0.05) is 12.2 Å². The fourth-order valence-corrected chi connectivity index (χ4v) is 2.49. The maximum absolute atomic E-state index is 12.5. The van der Waals surface area contributed by atoms with Crippen molar-refractivity contribution in [2.75, 3.05) is 7.11 Å². The van der Waals surface area contributed by atoms with Gasteiger partial charge in [0.2, 0.25) is 0 Å². The van der Waals surface area contributed by atoms with Crippen LogP contribution in [-0.4, -0.2) is 63.7 Å². The largest absolute Gasteiger partial charge is 0.507 e. The van der Waals surface area contributed by atoms with Crippen molar-refractivity contribution in [3.05, 3.63) is 41.5 Å². The quantitative estimate of drug-likeness (QED) is 0.521. The second-order valence-electron chi connectivity index (χ2n) is 6.12. The summed E-state index contributed by atoms with van der Waals surface area (Å²) in [5, 5.41) is 40.0. The third-order valence-corrected chi connectivity index (χ3v) is 4.12. The summed E-state index contributed by atoms with van der Waals surface area (Å²) < 4.78 is 10.2. The minimum Gasteiger partial charge on any atom is -0.507 e. The van der Waals surface area contributed by atoms with Crippen LogP contribution in [0.4, 0.5) is 0 Å². The first-order valence-electron chi connectivity index (χ1n) is 8.29. The van der Waals surface area contributed by atoms with E-state index < -0.39 is 36.2 Å². The van der Waals surface area contributed by atoms with E-state index >= 15 is 0 Å². The number of carbonyl (C=O) groups excluding carboxylic acids is 2. The zero-order valence-corrected chi connectivity index (χ0v) is 14.9. The number of aromatic hydroxyl groups is 1. The summed E-state index contributed by atoms with van der Waals surface area (Å²) in [5.41, 5.74) is 0.109. The molecule has 8 nitrogen and oxygen atoms in total. The van der Waals surface area contributed by atoms with Crippen LogP contribution in [0.1, 0.15) is 29.3 Å². The van der Waals surface area contributed by atoms with E-state index in [0.717, 1.165) is 12.2 Å². The monoisotopic (exact) mass is 378 g/mol. The van der Waals surface area contributed by atoms with Gasteiger partial charge in [0.1, 0.15) is 35.4 Å². The smallest absolute Gasteiger partial charge is 0.342 e. The number of esters is 1. The molecule has 0 fully saturated rings. The Kier molecular flexibility index (Phi) is 6.73. The van der Waals surface area contributed by atoms with E-state index in [4.69, 9.17) is 9.47 Å². The molecule has 1 heterocycles. The molecular weight excluding hydrogens is 356 g/mol. The Bertz CT molecular complexity index is 767. The molecule has 0 saturated heterocycles. The number of methoxy groups -OCH3 is 1. The van der Waals surface area contributed by atoms with Gasteiger partial charge >= 0.3 is 5.97 Å². The van der Waals surface area contributed by atoms with E-state index in [1.54, 1.807) is 0 Å². The lowest BCUT2D eigenvalue weighted by molar-refractivity contribution is -0.127. The van der Waals surface area contributed by atoms with Gasteiger partial charge in [0.15, 0.2) is 5.78 Å². The van der Waals surface area contributed by atoms with Crippen molar-refractivity contribution in [1.82, 2.24) is 0 Å². The molecule has 0 aromatic heterocycles. The Morgan fingerprint density at radius 2 is 1.85 bits per heavy atom. The number of aliphatic hydroxyl groups excluding tert-OH is 3. The number of cyclic esters (lactones) is 1. The predicted octanol–water partition coefficient (Wildman–Crippen LogP) is 0.571. The number of carbonyl (C=O) groups is 2. The lowest BCUT2D eigenvalue weighted by atomic mass is 10.0. The molecule has 1 aliphatic rings. The molecule has 1 aromatic rings. The highest BCUT2D eigenvalue weighted by atomic mass is 16.6. The average Bonchev–Trinajstić information content (AvgIpc) is 2.63. The van der Waals surface area contributed by atoms with Crippen LogP contribution in [0.3, 0.4) is 0 Å². The molecule has 0 unspecified atom stereocenters. The number of benzene rings is 1. The molecular formula is C19H22O8. The van der Waals surface area contributed by atoms with E-state index in [2.05, 4.69) is 0 Å². The third-order valence-electron chi connectivity index (χ3n) is 4.12. The highest BCUT2D eigenvalue weighted by Gasteiger charge is 2.25. The predicted molar refractivity (Wildman–Crippen MR) is 95.4 cm³/mol. The Morgan fingerprint density at radius 1 is 1.15 bits per heavy atom. The second kappa shape index (κ2) is 8.81. The van der Waals surface area contributed by atoms with Crippen LogP contribution in [0.5, 0.6) is 11.5 Å². The molecule has 0 saturated carbocycles. The van der Waals surface area contributed by atoms with Gasteiger partial charge in [-0.05, 0) is 37.1 Å². The molecule has 0 bridgehead atoms. The minimum absolute atomic E-state index is 0.0911. The highest BCUT2D eigenvalue weighted by Crippen LogP contribution is 2.30. The SMILES string of the molecule is COc1cc(O)c2c(c1)C=CC[C@H](O)[C@H](O)C(=O)/C=C\[C@@H](O)[C@H](C)OC2=O. The number of hydrogen-bond acceptors (Lipinski definition) is 8.